The maximum atomic E-state index is 12.0. The highest BCUT2D eigenvalue weighted by Gasteiger charge is 2.24. The summed E-state index contributed by atoms with van der Waals surface area (Å²) in [5.74, 6) is -1.67. The van der Waals surface area contributed by atoms with Crippen molar-refractivity contribution < 1.29 is 28.2 Å². The summed E-state index contributed by atoms with van der Waals surface area (Å²) in [5, 5.41) is 20.1. The molecular weight excluding hydrogens is 300 g/mol. The number of aliphatic hydroxyl groups excluding tert-OH is 1. The first-order valence-corrected chi connectivity index (χ1v) is 7.48. The number of anilines is 1. The van der Waals surface area contributed by atoms with Crippen molar-refractivity contribution in [3.8, 4) is 0 Å². The lowest BCUT2D eigenvalue weighted by molar-refractivity contribution is -0.139. The molecule has 1 aromatic rings. The Hall–Kier alpha value is -1.97. The quantitative estimate of drug-likeness (QED) is 0.548. The second-order valence-corrected chi connectivity index (χ2v) is 5.94. The van der Waals surface area contributed by atoms with Crippen LogP contribution in [-0.4, -0.2) is 43.2 Å². The smallest absolute Gasteiger partial charge is 0.321 e. The number of rotatable bonds is 7. The molecule has 0 unspecified atom stereocenters. The number of carboxylic acids is 1. The third-order valence-corrected chi connectivity index (χ3v) is 3.99. The normalized spacial score (nSPS) is 12.7. The molecule has 21 heavy (non-hydrogen) atoms. The van der Waals surface area contributed by atoms with Gasteiger partial charge in [0.05, 0.1) is 4.90 Å². The van der Waals surface area contributed by atoms with Gasteiger partial charge in [-0.25, -0.2) is 8.42 Å². The molecule has 4 N–H and O–H groups in total. The molecule has 1 amide bonds. The zero-order valence-electron chi connectivity index (χ0n) is 11.2. The van der Waals surface area contributed by atoms with Crippen LogP contribution in [0.5, 0.6) is 0 Å². The number of carboxylic acid groups (broad SMARTS) is 1. The summed E-state index contributed by atoms with van der Waals surface area (Å²) in [4.78, 5) is 21.6. The van der Waals surface area contributed by atoms with Gasteiger partial charge in [0.1, 0.15) is 6.04 Å². The molecule has 1 aromatic carbocycles. The van der Waals surface area contributed by atoms with Crippen LogP contribution in [0, 0.1) is 0 Å². The lowest BCUT2D eigenvalue weighted by atomic mass is 10.2. The van der Waals surface area contributed by atoms with Gasteiger partial charge in [-0.3, -0.25) is 9.59 Å². The highest BCUT2D eigenvalue weighted by atomic mass is 32.2. The highest BCUT2D eigenvalue weighted by molar-refractivity contribution is 7.89. The first kappa shape index (κ1) is 17.1. The van der Waals surface area contributed by atoms with Crippen LogP contribution >= 0.6 is 0 Å². The molecule has 0 radical (unpaired) electrons. The number of aliphatic hydroxyl groups is 1. The van der Waals surface area contributed by atoms with Crippen molar-refractivity contribution in [1.82, 2.24) is 4.72 Å². The third-order valence-electron chi connectivity index (χ3n) is 2.50. The fourth-order valence-corrected chi connectivity index (χ4v) is 2.76. The molecule has 0 saturated heterocycles. The zero-order valence-corrected chi connectivity index (χ0v) is 12.1. The topological polar surface area (TPSA) is 133 Å². The highest BCUT2D eigenvalue weighted by Crippen LogP contribution is 2.14. The van der Waals surface area contributed by atoms with E-state index in [1.165, 1.54) is 31.2 Å². The molecule has 0 aliphatic carbocycles. The molecule has 8 nitrogen and oxygen atoms in total. The molecule has 0 aromatic heterocycles. The average molecular weight is 316 g/mol. The van der Waals surface area contributed by atoms with Gasteiger partial charge >= 0.3 is 5.97 Å². The zero-order chi connectivity index (χ0) is 16.0. The Bertz CT molecular complexity index is 611. The first-order valence-electron chi connectivity index (χ1n) is 6.00. The second-order valence-electron chi connectivity index (χ2n) is 4.23. The van der Waals surface area contributed by atoms with Crippen LogP contribution in [0.2, 0.25) is 0 Å². The fourth-order valence-electron chi connectivity index (χ4n) is 1.54. The van der Waals surface area contributed by atoms with Crippen molar-refractivity contribution in [2.75, 3.05) is 11.9 Å². The van der Waals surface area contributed by atoms with E-state index in [1.807, 2.05) is 4.72 Å². The number of sulfonamides is 1. The van der Waals surface area contributed by atoms with Crippen LogP contribution in [-0.2, 0) is 19.6 Å². The van der Waals surface area contributed by atoms with Gasteiger partial charge in [-0.05, 0) is 30.7 Å². The van der Waals surface area contributed by atoms with Gasteiger partial charge in [0.25, 0.3) is 0 Å². The van der Waals surface area contributed by atoms with Crippen LogP contribution < -0.4 is 10.0 Å². The van der Waals surface area contributed by atoms with Gasteiger partial charge in [-0.2, -0.15) is 4.72 Å². The molecular formula is C12H16N2O6S. The number of hydrogen-bond acceptors (Lipinski definition) is 5. The number of benzene rings is 1. The van der Waals surface area contributed by atoms with E-state index in [1.54, 1.807) is 0 Å². The molecule has 0 bridgehead atoms. The summed E-state index contributed by atoms with van der Waals surface area (Å²) >= 11 is 0. The SMILES string of the molecule is CC(=O)Nc1ccc(S(=O)(=O)N[C@H](CCO)C(=O)O)cc1. The van der Waals surface area contributed by atoms with Gasteiger partial charge in [0.2, 0.25) is 15.9 Å². The summed E-state index contributed by atoms with van der Waals surface area (Å²) < 4.78 is 26.0. The average Bonchev–Trinajstić information content (AvgIpc) is 2.37. The summed E-state index contributed by atoms with van der Waals surface area (Å²) in [7, 11) is -4.03. The van der Waals surface area contributed by atoms with Crippen molar-refractivity contribution >= 4 is 27.6 Å². The van der Waals surface area contributed by atoms with Gasteiger partial charge in [-0.15, -0.1) is 0 Å². The minimum absolute atomic E-state index is 0.138. The van der Waals surface area contributed by atoms with Crippen molar-refractivity contribution in [3.63, 3.8) is 0 Å². The van der Waals surface area contributed by atoms with E-state index in [0.29, 0.717) is 5.69 Å². The Morgan fingerprint density at radius 3 is 2.24 bits per heavy atom. The Morgan fingerprint density at radius 2 is 1.81 bits per heavy atom. The molecule has 0 saturated carbocycles. The number of carbonyl (C=O) groups is 2. The van der Waals surface area contributed by atoms with E-state index < -0.39 is 28.6 Å². The molecule has 0 spiro atoms. The van der Waals surface area contributed by atoms with E-state index in [2.05, 4.69) is 5.32 Å². The maximum absolute atomic E-state index is 12.0. The van der Waals surface area contributed by atoms with Crippen molar-refractivity contribution in [3.05, 3.63) is 24.3 Å². The summed E-state index contributed by atoms with van der Waals surface area (Å²) in [6.07, 6.45) is -0.238. The van der Waals surface area contributed by atoms with Crippen molar-refractivity contribution in [1.29, 1.82) is 0 Å². The van der Waals surface area contributed by atoms with Crippen LogP contribution in [0.1, 0.15) is 13.3 Å². The number of hydrogen-bond donors (Lipinski definition) is 4. The molecule has 1 atom stereocenters. The summed E-state index contributed by atoms with van der Waals surface area (Å²) in [6, 6.07) is 3.85. The predicted molar refractivity (Wildman–Crippen MR) is 74.2 cm³/mol. The Morgan fingerprint density at radius 1 is 1.24 bits per heavy atom. The number of aliphatic carboxylic acids is 1. The van der Waals surface area contributed by atoms with Crippen LogP contribution in [0.3, 0.4) is 0 Å². The number of amides is 1. The molecule has 0 heterocycles. The van der Waals surface area contributed by atoms with E-state index in [-0.39, 0.29) is 17.2 Å². The Labute approximate surface area is 121 Å². The minimum atomic E-state index is -4.03. The monoisotopic (exact) mass is 316 g/mol. The lowest BCUT2D eigenvalue weighted by Gasteiger charge is -2.14. The first-order chi connectivity index (χ1) is 9.76. The van der Waals surface area contributed by atoms with E-state index in [0.717, 1.165) is 0 Å². The number of carbonyl (C=O) groups excluding carboxylic acids is 1. The molecule has 0 aliphatic heterocycles. The second kappa shape index (κ2) is 7.16. The van der Waals surface area contributed by atoms with Gasteiger partial charge < -0.3 is 15.5 Å². The number of nitrogens with one attached hydrogen (secondary N) is 2. The molecule has 1 rings (SSSR count). The Kier molecular flexibility index (Phi) is 5.82. The van der Waals surface area contributed by atoms with Gasteiger partial charge in [0, 0.05) is 19.2 Å². The molecule has 0 fully saturated rings. The largest absolute Gasteiger partial charge is 0.480 e. The molecule has 0 aliphatic rings. The van der Waals surface area contributed by atoms with Crippen LogP contribution in [0.25, 0.3) is 0 Å². The van der Waals surface area contributed by atoms with E-state index in [9.17, 15) is 18.0 Å². The summed E-state index contributed by atoms with van der Waals surface area (Å²) in [5.41, 5.74) is 0.423. The van der Waals surface area contributed by atoms with Gasteiger partial charge in [0.15, 0.2) is 0 Å². The predicted octanol–water partition coefficient (Wildman–Crippen LogP) is -0.241. The van der Waals surface area contributed by atoms with E-state index >= 15 is 0 Å². The van der Waals surface area contributed by atoms with E-state index in [4.69, 9.17) is 10.2 Å². The van der Waals surface area contributed by atoms with Crippen LogP contribution in [0.4, 0.5) is 5.69 Å². The Balaban J connectivity index is 2.91. The van der Waals surface area contributed by atoms with Gasteiger partial charge in [-0.1, -0.05) is 0 Å². The molecule has 9 heteroatoms. The third kappa shape index (κ3) is 5.14. The van der Waals surface area contributed by atoms with Crippen molar-refractivity contribution in [2.45, 2.75) is 24.3 Å². The summed E-state index contributed by atoms with van der Waals surface area (Å²) in [6.45, 7) is 0.861. The molecule has 116 valence electrons. The van der Waals surface area contributed by atoms with Crippen molar-refractivity contribution in [2.24, 2.45) is 0 Å². The minimum Gasteiger partial charge on any atom is -0.480 e. The van der Waals surface area contributed by atoms with Crippen LogP contribution in [0.15, 0.2) is 29.2 Å². The standard InChI is InChI=1S/C12H16N2O6S/c1-8(16)13-9-2-4-10(5-3-9)21(19,20)14-11(6-7-15)12(17)18/h2-5,11,14-15H,6-7H2,1H3,(H,13,16)(H,17,18)/t11-/m1/s1. The maximum Gasteiger partial charge on any atom is 0.321 e. The lowest BCUT2D eigenvalue weighted by Crippen LogP contribution is -2.41. The fraction of sp³-hybridized carbons (Fsp3) is 0.333.